The third-order valence-corrected chi connectivity index (χ3v) is 3.66. The summed E-state index contributed by atoms with van der Waals surface area (Å²) in [5.41, 5.74) is -1.59. The van der Waals surface area contributed by atoms with Gasteiger partial charge >= 0.3 is 11.8 Å². The van der Waals surface area contributed by atoms with Gasteiger partial charge in [0.2, 0.25) is 0 Å². The average molecular weight is 314 g/mol. The first-order chi connectivity index (χ1) is 10.2. The third-order valence-electron chi connectivity index (χ3n) is 3.66. The van der Waals surface area contributed by atoms with E-state index in [9.17, 15) is 23.5 Å². The van der Waals surface area contributed by atoms with Crippen LogP contribution in [0.25, 0.3) is 0 Å². The van der Waals surface area contributed by atoms with Crippen molar-refractivity contribution in [2.45, 2.75) is 32.8 Å². The number of carbonyl (C=O) groups is 2. The highest BCUT2D eigenvalue weighted by atomic mass is 19.1. The van der Waals surface area contributed by atoms with Gasteiger partial charge in [0.15, 0.2) is 0 Å². The lowest BCUT2D eigenvalue weighted by atomic mass is 9.89. The largest absolute Gasteiger partial charge is 0.388 e. The fraction of sp³-hybridized carbons (Fsp3) is 0.467. The first-order valence-corrected chi connectivity index (χ1v) is 6.94. The second kappa shape index (κ2) is 7.31. The molecule has 0 radical (unpaired) electrons. The van der Waals surface area contributed by atoms with E-state index in [1.54, 1.807) is 6.92 Å². The molecule has 0 spiro atoms. The Morgan fingerprint density at radius 3 is 2.55 bits per heavy atom. The highest BCUT2D eigenvalue weighted by Gasteiger charge is 2.28. The summed E-state index contributed by atoms with van der Waals surface area (Å²) in [6.45, 7) is 5.13. The zero-order valence-electron chi connectivity index (χ0n) is 12.7. The van der Waals surface area contributed by atoms with Gasteiger partial charge in [0.1, 0.15) is 11.6 Å². The van der Waals surface area contributed by atoms with E-state index in [0.29, 0.717) is 6.42 Å². The Bertz CT molecular complexity index is 562. The normalized spacial score (nSPS) is 14.8. The van der Waals surface area contributed by atoms with Gasteiger partial charge in [-0.05, 0) is 25.0 Å². The SMILES string of the molecule is CC[C@@H](C)[C@@](C)(O)CNC(=O)C(=O)Nc1cc(F)ccc1F. The lowest BCUT2D eigenvalue weighted by Crippen LogP contribution is -2.47. The predicted molar refractivity (Wildman–Crippen MR) is 78.1 cm³/mol. The minimum Gasteiger partial charge on any atom is -0.388 e. The summed E-state index contributed by atoms with van der Waals surface area (Å²) in [5, 5.41) is 14.4. The molecular weight excluding hydrogens is 294 g/mol. The van der Waals surface area contributed by atoms with Crippen LogP contribution in [0.1, 0.15) is 27.2 Å². The fourth-order valence-corrected chi connectivity index (χ4v) is 1.73. The number of rotatable bonds is 5. The molecule has 0 saturated heterocycles. The van der Waals surface area contributed by atoms with Gasteiger partial charge in [-0.25, -0.2) is 8.78 Å². The zero-order chi connectivity index (χ0) is 16.9. The van der Waals surface area contributed by atoms with Crippen molar-refractivity contribution in [2.75, 3.05) is 11.9 Å². The van der Waals surface area contributed by atoms with Crippen molar-refractivity contribution in [3.8, 4) is 0 Å². The van der Waals surface area contributed by atoms with Crippen LogP contribution in [-0.4, -0.2) is 29.1 Å². The molecule has 0 aliphatic rings. The number of carbonyl (C=O) groups excluding carboxylic acids is 2. The molecule has 22 heavy (non-hydrogen) atoms. The van der Waals surface area contributed by atoms with Gasteiger partial charge in [0.05, 0.1) is 11.3 Å². The Balaban J connectivity index is 2.63. The number of hydrogen-bond donors (Lipinski definition) is 3. The first kappa shape index (κ1) is 18.0. The summed E-state index contributed by atoms with van der Waals surface area (Å²) >= 11 is 0. The molecule has 0 unspecified atom stereocenters. The van der Waals surface area contributed by atoms with Crippen molar-refractivity contribution >= 4 is 17.5 Å². The molecule has 122 valence electrons. The number of hydrogen-bond acceptors (Lipinski definition) is 3. The van der Waals surface area contributed by atoms with Gasteiger partial charge in [-0.15, -0.1) is 0 Å². The van der Waals surface area contributed by atoms with Gasteiger partial charge in [0, 0.05) is 12.6 Å². The Labute approximate surface area is 127 Å². The van der Waals surface area contributed by atoms with Crippen molar-refractivity contribution in [3.63, 3.8) is 0 Å². The number of anilines is 1. The van der Waals surface area contributed by atoms with Crippen LogP contribution >= 0.6 is 0 Å². The maximum atomic E-state index is 13.4. The number of nitrogens with one attached hydrogen (secondary N) is 2. The zero-order valence-corrected chi connectivity index (χ0v) is 12.7. The molecule has 0 aliphatic carbocycles. The van der Waals surface area contributed by atoms with E-state index in [4.69, 9.17) is 0 Å². The van der Waals surface area contributed by atoms with E-state index >= 15 is 0 Å². The summed E-state index contributed by atoms with van der Waals surface area (Å²) in [5.74, 6) is -3.85. The summed E-state index contributed by atoms with van der Waals surface area (Å²) < 4.78 is 26.3. The lowest BCUT2D eigenvalue weighted by Gasteiger charge is -2.29. The minimum absolute atomic E-state index is 0.0866. The standard InChI is InChI=1S/C15H20F2N2O3/c1-4-9(2)15(3,22)8-18-13(20)14(21)19-12-7-10(16)5-6-11(12)17/h5-7,9,22H,4,8H2,1-3H3,(H,18,20)(H,19,21)/t9-,15+/m1/s1. The molecule has 1 rings (SSSR count). The Hall–Kier alpha value is -2.02. The number of halogens is 2. The van der Waals surface area contributed by atoms with E-state index in [-0.39, 0.29) is 12.5 Å². The third kappa shape index (κ3) is 4.77. The maximum Gasteiger partial charge on any atom is 0.313 e. The lowest BCUT2D eigenvalue weighted by molar-refractivity contribution is -0.137. The molecule has 0 aromatic heterocycles. The van der Waals surface area contributed by atoms with Crippen LogP contribution in [0.5, 0.6) is 0 Å². The maximum absolute atomic E-state index is 13.4. The quantitative estimate of drug-likeness (QED) is 0.725. The number of benzene rings is 1. The molecule has 0 fully saturated rings. The van der Waals surface area contributed by atoms with Gasteiger partial charge in [-0.2, -0.15) is 0 Å². The highest BCUT2D eigenvalue weighted by Crippen LogP contribution is 2.19. The van der Waals surface area contributed by atoms with Crippen molar-refractivity contribution in [1.82, 2.24) is 5.32 Å². The van der Waals surface area contributed by atoms with E-state index < -0.39 is 34.7 Å². The molecule has 0 bridgehead atoms. The molecule has 3 N–H and O–H groups in total. The van der Waals surface area contributed by atoms with Crippen LogP contribution in [0.2, 0.25) is 0 Å². The monoisotopic (exact) mass is 314 g/mol. The van der Waals surface area contributed by atoms with Gasteiger partial charge in [-0.1, -0.05) is 20.3 Å². The van der Waals surface area contributed by atoms with Gasteiger partial charge < -0.3 is 15.7 Å². The van der Waals surface area contributed by atoms with E-state index in [2.05, 4.69) is 5.32 Å². The average Bonchev–Trinajstić information content (AvgIpc) is 2.47. The summed E-state index contributed by atoms with van der Waals surface area (Å²) in [7, 11) is 0. The Kier molecular flexibility index (Phi) is 5.99. The second-order valence-electron chi connectivity index (χ2n) is 5.43. The second-order valence-corrected chi connectivity index (χ2v) is 5.43. The number of amides is 2. The molecule has 0 aliphatic heterocycles. The molecule has 2 atom stereocenters. The van der Waals surface area contributed by atoms with Gasteiger partial charge in [0.25, 0.3) is 0 Å². The first-order valence-electron chi connectivity index (χ1n) is 6.94. The summed E-state index contributed by atoms with van der Waals surface area (Å²) in [6.07, 6.45) is 0.698. The topological polar surface area (TPSA) is 78.4 Å². The van der Waals surface area contributed by atoms with E-state index in [0.717, 1.165) is 18.2 Å². The van der Waals surface area contributed by atoms with Crippen molar-refractivity contribution in [2.24, 2.45) is 5.92 Å². The van der Waals surface area contributed by atoms with Crippen molar-refractivity contribution < 1.29 is 23.5 Å². The molecule has 7 heteroatoms. The van der Waals surface area contributed by atoms with Crippen LogP contribution in [0.3, 0.4) is 0 Å². The van der Waals surface area contributed by atoms with E-state index in [1.807, 2.05) is 19.2 Å². The summed E-state index contributed by atoms with van der Waals surface area (Å²) in [4.78, 5) is 23.3. The molecule has 1 aromatic carbocycles. The van der Waals surface area contributed by atoms with Crippen LogP contribution in [0.4, 0.5) is 14.5 Å². The summed E-state index contributed by atoms with van der Waals surface area (Å²) in [6, 6.07) is 2.51. The Morgan fingerprint density at radius 1 is 1.32 bits per heavy atom. The molecule has 2 amide bonds. The smallest absolute Gasteiger partial charge is 0.313 e. The minimum atomic E-state index is -1.17. The van der Waals surface area contributed by atoms with Gasteiger partial charge in [-0.3, -0.25) is 9.59 Å². The number of aliphatic hydroxyl groups is 1. The molecular formula is C15H20F2N2O3. The van der Waals surface area contributed by atoms with Crippen LogP contribution in [0, 0.1) is 17.6 Å². The van der Waals surface area contributed by atoms with Crippen LogP contribution in [-0.2, 0) is 9.59 Å². The predicted octanol–water partition coefficient (Wildman–Crippen LogP) is 1.82. The van der Waals surface area contributed by atoms with E-state index in [1.165, 1.54) is 0 Å². The molecule has 1 aromatic rings. The highest BCUT2D eigenvalue weighted by molar-refractivity contribution is 6.39. The molecule has 5 nitrogen and oxygen atoms in total. The molecule has 0 heterocycles. The Morgan fingerprint density at radius 2 is 1.95 bits per heavy atom. The van der Waals surface area contributed by atoms with Crippen LogP contribution < -0.4 is 10.6 Å². The fourth-order valence-electron chi connectivity index (χ4n) is 1.73. The van der Waals surface area contributed by atoms with Crippen molar-refractivity contribution in [1.29, 1.82) is 0 Å². The van der Waals surface area contributed by atoms with Crippen LogP contribution in [0.15, 0.2) is 18.2 Å². The van der Waals surface area contributed by atoms with Crippen molar-refractivity contribution in [3.05, 3.63) is 29.8 Å². The molecule has 0 saturated carbocycles.